The van der Waals surface area contributed by atoms with Crippen LogP contribution in [0.25, 0.3) is 0 Å². The van der Waals surface area contributed by atoms with Gasteiger partial charge in [0.2, 0.25) is 5.91 Å². The molecule has 2 atom stereocenters. The maximum atomic E-state index is 11.6. The maximum absolute atomic E-state index is 11.6. The number of nitrogens with two attached hydrogens (primary N) is 1. The summed E-state index contributed by atoms with van der Waals surface area (Å²) in [5.41, 5.74) is 5.53. The van der Waals surface area contributed by atoms with Crippen LogP contribution in [0, 0.1) is 11.8 Å². The normalized spacial score (nSPS) is 14.9. The maximum Gasteiger partial charge on any atom is 0.220 e. The van der Waals surface area contributed by atoms with Gasteiger partial charge in [0, 0.05) is 12.5 Å². The predicted molar refractivity (Wildman–Crippen MR) is 69.1 cm³/mol. The van der Waals surface area contributed by atoms with E-state index >= 15 is 0 Å². The minimum atomic E-state index is 0.177. The van der Waals surface area contributed by atoms with Gasteiger partial charge in [0.15, 0.2) is 0 Å². The Kier molecular flexibility index (Phi) is 8.26. The number of hydrogen-bond donors (Lipinski definition) is 2. The van der Waals surface area contributed by atoms with E-state index in [0.717, 1.165) is 25.8 Å². The standard InChI is InChI=1S/C13H28N2O/c1-5-12(8-9-14)6-7-13(16)15-11(4)10(2)3/h10-12H,5-9,14H2,1-4H3,(H,15,16). The molecule has 16 heavy (non-hydrogen) atoms. The Morgan fingerprint density at radius 1 is 1.25 bits per heavy atom. The van der Waals surface area contributed by atoms with Crippen molar-refractivity contribution in [1.82, 2.24) is 5.32 Å². The number of rotatable bonds is 8. The lowest BCUT2D eigenvalue weighted by Crippen LogP contribution is -2.36. The van der Waals surface area contributed by atoms with Crippen molar-refractivity contribution < 1.29 is 4.79 Å². The molecule has 2 unspecified atom stereocenters. The molecule has 0 aliphatic heterocycles. The van der Waals surface area contributed by atoms with Gasteiger partial charge in [-0.3, -0.25) is 4.79 Å². The van der Waals surface area contributed by atoms with E-state index in [1.807, 2.05) is 0 Å². The largest absolute Gasteiger partial charge is 0.353 e. The van der Waals surface area contributed by atoms with E-state index in [2.05, 4.69) is 33.0 Å². The third-order valence-electron chi connectivity index (χ3n) is 3.32. The molecular weight excluding hydrogens is 200 g/mol. The summed E-state index contributed by atoms with van der Waals surface area (Å²) >= 11 is 0. The van der Waals surface area contributed by atoms with Gasteiger partial charge in [0.1, 0.15) is 0 Å². The van der Waals surface area contributed by atoms with Gasteiger partial charge in [-0.2, -0.15) is 0 Å². The van der Waals surface area contributed by atoms with E-state index < -0.39 is 0 Å². The van der Waals surface area contributed by atoms with Crippen LogP contribution in [0.4, 0.5) is 0 Å². The average Bonchev–Trinajstić information content (AvgIpc) is 2.23. The van der Waals surface area contributed by atoms with Crippen LogP contribution in [0.3, 0.4) is 0 Å². The molecule has 0 fully saturated rings. The van der Waals surface area contributed by atoms with Crippen molar-refractivity contribution in [3.8, 4) is 0 Å². The summed E-state index contributed by atoms with van der Waals surface area (Å²) in [5.74, 6) is 1.27. The predicted octanol–water partition coefficient (Wildman–Crippen LogP) is 2.30. The molecule has 3 N–H and O–H groups in total. The summed E-state index contributed by atoms with van der Waals surface area (Å²) in [6, 6.07) is 0.266. The lowest BCUT2D eigenvalue weighted by Gasteiger charge is -2.18. The zero-order valence-corrected chi connectivity index (χ0v) is 11.3. The van der Waals surface area contributed by atoms with Crippen molar-refractivity contribution in [3.63, 3.8) is 0 Å². The number of carbonyl (C=O) groups is 1. The fourth-order valence-corrected chi connectivity index (χ4v) is 1.62. The topological polar surface area (TPSA) is 55.1 Å². The first kappa shape index (κ1) is 15.4. The fourth-order valence-electron chi connectivity index (χ4n) is 1.62. The van der Waals surface area contributed by atoms with E-state index in [1.54, 1.807) is 0 Å². The van der Waals surface area contributed by atoms with Gasteiger partial charge in [-0.05, 0) is 38.1 Å². The Labute approximate surface area is 100 Å². The minimum Gasteiger partial charge on any atom is -0.353 e. The van der Waals surface area contributed by atoms with Crippen LogP contribution in [-0.2, 0) is 4.79 Å². The van der Waals surface area contributed by atoms with Crippen molar-refractivity contribution in [2.75, 3.05) is 6.54 Å². The van der Waals surface area contributed by atoms with Crippen molar-refractivity contribution in [2.45, 2.75) is 59.4 Å². The average molecular weight is 228 g/mol. The van der Waals surface area contributed by atoms with E-state index in [-0.39, 0.29) is 11.9 Å². The van der Waals surface area contributed by atoms with E-state index in [0.29, 0.717) is 18.3 Å². The summed E-state index contributed by atoms with van der Waals surface area (Å²) in [7, 11) is 0. The molecule has 0 heterocycles. The lowest BCUT2D eigenvalue weighted by atomic mass is 9.96. The highest BCUT2D eigenvalue weighted by Gasteiger charge is 2.12. The second-order valence-corrected chi connectivity index (χ2v) is 4.99. The Morgan fingerprint density at radius 2 is 1.88 bits per heavy atom. The number of hydrogen-bond acceptors (Lipinski definition) is 2. The fraction of sp³-hybridized carbons (Fsp3) is 0.923. The molecule has 96 valence electrons. The summed E-state index contributed by atoms with van der Waals surface area (Å²) in [4.78, 5) is 11.6. The lowest BCUT2D eigenvalue weighted by molar-refractivity contribution is -0.122. The molecule has 0 saturated heterocycles. The highest BCUT2D eigenvalue weighted by molar-refractivity contribution is 5.76. The third kappa shape index (κ3) is 6.83. The second-order valence-electron chi connectivity index (χ2n) is 4.99. The molecular formula is C13H28N2O. The van der Waals surface area contributed by atoms with Gasteiger partial charge in [0.25, 0.3) is 0 Å². The van der Waals surface area contributed by atoms with Gasteiger partial charge >= 0.3 is 0 Å². The smallest absolute Gasteiger partial charge is 0.220 e. The first-order chi connectivity index (χ1) is 7.51. The number of nitrogens with one attached hydrogen (secondary N) is 1. The number of carbonyl (C=O) groups excluding carboxylic acids is 1. The van der Waals surface area contributed by atoms with Crippen LogP contribution in [0.2, 0.25) is 0 Å². The van der Waals surface area contributed by atoms with Crippen molar-refractivity contribution in [1.29, 1.82) is 0 Å². The Hall–Kier alpha value is -0.570. The molecule has 0 rings (SSSR count). The van der Waals surface area contributed by atoms with Crippen molar-refractivity contribution in [2.24, 2.45) is 17.6 Å². The zero-order valence-electron chi connectivity index (χ0n) is 11.3. The monoisotopic (exact) mass is 228 g/mol. The molecule has 0 radical (unpaired) electrons. The molecule has 0 saturated carbocycles. The Bertz CT molecular complexity index is 192. The van der Waals surface area contributed by atoms with Crippen LogP contribution in [0.1, 0.15) is 53.4 Å². The Balaban J connectivity index is 3.79. The van der Waals surface area contributed by atoms with Gasteiger partial charge in [-0.25, -0.2) is 0 Å². The second kappa shape index (κ2) is 8.57. The van der Waals surface area contributed by atoms with E-state index in [1.165, 1.54) is 0 Å². The van der Waals surface area contributed by atoms with Crippen LogP contribution >= 0.6 is 0 Å². The molecule has 0 aliphatic rings. The summed E-state index contributed by atoms with van der Waals surface area (Å²) in [6.07, 6.45) is 3.74. The summed E-state index contributed by atoms with van der Waals surface area (Å²) in [6.45, 7) is 9.18. The first-order valence-electron chi connectivity index (χ1n) is 6.50. The molecule has 0 bridgehead atoms. The van der Waals surface area contributed by atoms with Gasteiger partial charge < -0.3 is 11.1 Å². The molecule has 3 heteroatoms. The van der Waals surface area contributed by atoms with Gasteiger partial charge in [-0.15, -0.1) is 0 Å². The van der Waals surface area contributed by atoms with E-state index in [4.69, 9.17) is 5.73 Å². The molecule has 0 spiro atoms. The minimum absolute atomic E-state index is 0.177. The zero-order chi connectivity index (χ0) is 12.6. The molecule has 0 aromatic carbocycles. The number of amides is 1. The van der Waals surface area contributed by atoms with Crippen molar-refractivity contribution >= 4 is 5.91 Å². The molecule has 0 aliphatic carbocycles. The molecule has 1 amide bonds. The third-order valence-corrected chi connectivity index (χ3v) is 3.32. The SMILES string of the molecule is CCC(CCN)CCC(=O)NC(C)C(C)C. The highest BCUT2D eigenvalue weighted by Crippen LogP contribution is 2.14. The van der Waals surface area contributed by atoms with Crippen LogP contribution in [-0.4, -0.2) is 18.5 Å². The van der Waals surface area contributed by atoms with Crippen LogP contribution < -0.4 is 11.1 Å². The molecule has 0 aromatic heterocycles. The summed E-state index contributed by atoms with van der Waals surface area (Å²) < 4.78 is 0. The summed E-state index contributed by atoms with van der Waals surface area (Å²) in [5, 5.41) is 3.03. The first-order valence-corrected chi connectivity index (χ1v) is 6.50. The van der Waals surface area contributed by atoms with Gasteiger partial charge in [0.05, 0.1) is 0 Å². The molecule has 3 nitrogen and oxygen atoms in total. The van der Waals surface area contributed by atoms with Gasteiger partial charge in [-0.1, -0.05) is 27.2 Å². The Morgan fingerprint density at radius 3 is 2.31 bits per heavy atom. The van der Waals surface area contributed by atoms with E-state index in [9.17, 15) is 4.79 Å². The highest BCUT2D eigenvalue weighted by atomic mass is 16.1. The van der Waals surface area contributed by atoms with Crippen LogP contribution in [0.5, 0.6) is 0 Å². The molecule has 0 aromatic rings. The van der Waals surface area contributed by atoms with Crippen LogP contribution in [0.15, 0.2) is 0 Å². The van der Waals surface area contributed by atoms with Crippen molar-refractivity contribution in [3.05, 3.63) is 0 Å². The quantitative estimate of drug-likeness (QED) is 0.670.